The number of aromatic nitrogens is 2. The van der Waals surface area contributed by atoms with Crippen molar-refractivity contribution in [2.24, 2.45) is 17.1 Å². The quantitative estimate of drug-likeness (QED) is 0.908. The first-order valence-corrected chi connectivity index (χ1v) is 7.65. The van der Waals surface area contributed by atoms with E-state index in [2.05, 4.69) is 39.0 Å². The maximum absolute atomic E-state index is 6.84. The molecule has 1 aliphatic rings. The number of nitrogens with two attached hydrogens (primary N) is 1. The maximum Gasteiger partial charge on any atom is 0.0522 e. The molecule has 1 fully saturated rings. The van der Waals surface area contributed by atoms with Crippen LogP contribution in [0.5, 0.6) is 0 Å². The molecule has 1 aliphatic carbocycles. The fraction of sp³-hybridized carbons (Fsp3) is 0.812. The number of nitrogens with zero attached hydrogens (tertiary/aromatic N) is 2. The van der Waals surface area contributed by atoms with E-state index in [-0.39, 0.29) is 11.0 Å². The zero-order valence-corrected chi connectivity index (χ0v) is 12.9. The van der Waals surface area contributed by atoms with Crippen molar-refractivity contribution >= 4 is 0 Å². The van der Waals surface area contributed by atoms with Crippen LogP contribution in [0.1, 0.15) is 58.9 Å². The summed E-state index contributed by atoms with van der Waals surface area (Å²) in [6.07, 6.45) is 10.1. The van der Waals surface area contributed by atoms with Gasteiger partial charge >= 0.3 is 0 Å². The predicted octanol–water partition coefficient (Wildman–Crippen LogP) is 3.38. The van der Waals surface area contributed by atoms with Gasteiger partial charge in [-0.15, -0.1) is 0 Å². The first-order chi connectivity index (χ1) is 8.85. The molecule has 1 aromatic heterocycles. The minimum atomic E-state index is -0.0574. The van der Waals surface area contributed by atoms with E-state index >= 15 is 0 Å². The molecule has 0 aliphatic heterocycles. The Balaban J connectivity index is 2.18. The maximum atomic E-state index is 6.84. The normalized spacial score (nSPS) is 28.6. The Bertz CT molecular complexity index is 416. The van der Waals surface area contributed by atoms with Gasteiger partial charge in [0.25, 0.3) is 0 Å². The van der Waals surface area contributed by atoms with Crippen molar-refractivity contribution in [1.29, 1.82) is 0 Å². The Morgan fingerprint density at radius 2 is 2.16 bits per heavy atom. The third kappa shape index (κ3) is 3.19. The van der Waals surface area contributed by atoms with Crippen molar-refractivity contribution in [3.8, 4) is 0 Å². The van der Waals surface area contributed by atoms with Crippen LogP contribution in [0.3, 0.4) is 0 Å². The standard InChI is InChI=1S/C16H29N3/c1-5-19-12-13(11-18-19)10-16(17)9-7-6-8-14(16)15(2,3)4/h11-12,14H,5-10,17H2,1-4H3. The average molecular weight is 263 g/mol. The molecule has 0 radical (unpaired) electrons. The van der Waals surface area contributed by atoms with Gasteiger partial charge in [-0.1, -0.05) is 33.6 Å². The molecule has 19 heavy (non-hydrogen) atoms. The second kappa shape index (κ2) is 5.28. The van der Waals surface area contributed by atoms with E-state index in [1.807, 2.05) is 10.9 Å². The molecule has 0 bridgehead atoms. The lowest BCUT2D eigenvalue weighted by molar-refractivity contribution is 0.0793. The Hall–Kier alpha value is -0.830. The van der Waals surface area contributed by atoms with Gasteiger partial charge < -0.3 is 5.73 Å². The van der Waals surface area contributed by atoms with Gasteiger partial charge in [-0.05, 0) is 43.1 Å². The van der Waals surface area contributed by atoms with E-state index in [0.29, 0.717) is 5.92 Å². The van der Waals surface area contributed by atoms with E-state index < -0.39 is 0 Å². The van der Waals surface area contributed by atoms with Crippen molar-refractivity contribution in [2.75, 3.05) is 0 Å². The largest absolute Gasteiger partial charge is 0.325 e. The summed E-state index contributed by atoms with van der Waals surface area (Å²) in [6, 6.07) is 0. The molecule has 108 valence electrons. The molecule has 2 unspecified atom stereocenters. The first-order valence-electron chi connectivity index (χ1n) is 7.65. The number of hydrogen-bond donors (Lipinski definition) is 1. The van der Waals surface area contributed by atoms with Gasteiger partial charge in [0.15, 0.2) is 0 Å². The van der Waals surface area contributed by atoms with Crippen LogP contribution in [0, 0.1) is 11.3 Å². The van der Waals surface area contributed by atoms with Crippen molar-refractivity contribution < 1.29 is 0 Å². The fourth-order valence-corrected chi connectivity index (χ4v) is 3.82. The van der Waals surface area contributed by atoms with E-state index in [0.717, 1.165) is 19.4 Å². The summed E-state index contributed by atoms with van der Waals surface area (Å²) in [5.74, 6) is 0.596. The van der Waals surface area contributed by atoms with Gasteiger partial charge in [0, 0.05) is 18.3 Å². The molecule has 0 aromatic carbocycles. The van der Waals surface area contributed by atoms with Gasteiger partial charge in [-0.3, -0.25) is 4.68 Å². The molecule has 2 rings (SSSR count). The number of aryl methyl sites for hydroxylation is 1. The summed E-state index contributed by atoms with van der Waals surface area (Å²) in [5.41, 5.74) is 8.36. The minimum Gasteiger partial charge on any atom is -0.325 e. The number of rotatable bonds is 3. The molecule has 2 N–H and O–H groups in total. The molecule has 0 spiro atoms. The van der Waals surface area contributed by atoms with E-state index in [4.69, 9.17) is 5.73 Å². The van der Waals surface area contributed by atoms with Crippen LogP contribution in [-0.2, 0) is 13.0 Å². The van der Waals surface area contributed by atoms with Crippen LogP contribution in [-0.4, -0.2) is 15.3 Å². The molecule has 1 saturated carbocycles. The predicted molar refractivity (Wildman–Crippen MR) is 79.9 cm³/mol. The van der Waals surface area contributed by atoms with Gasteiger partial charge in [0.1, 0.15) is 0 Å². The second-order valence-electron chi connectivity index (χ2n) is 7.28. The van der Waals surface area contributed by atoms with E-state index in [9.17, 15) is 0 Å². The van der Waals surface area contributed by atoms with Crippen LogP contribution >= 0.6 is 0 Å². The Labute approximate surface area is 117 Å². The van der Waals surface area contributed by atoms with E-state index in [1.165, 1.54) is 24.8 Å². The van der Waals surface area contributed by atoms with Crippen molar-refractivity contribution in [1.82, 2.24) is 9.78 Å². The zero-order chi connectivity index (χ0) is 14.1. The van der Waals surface area contributed by atoms with Crippen LogP contribution in [0.15, 0.2) is 12.4 Å². The molecule has 0 amide bonds. The highest BCUT2D eigenvalue weighted by molar-refractivity contribution is 5.13. The molecule has 1 aromatic rings. The lowest BCUT2D eigenvalue weighted by atomic mass is 9.61. The lowest BCUT2D eigenvalue weighted by Crippen LogP contribution is -2.55. The molecular weight excluding hydrogens is 234 g/mol. The Morgan fingerprint density at radius 1 is 1.42 bits per heavy atom. The summed E-state index contributed by atoms with van der Waals surface area (Å²) < 4.78 is 1.99. The minimum absolute atomic E-state index is 0.0574. The van der Waals surface area contributed by atoms with Crippen LogP contribution < -0.4 is 5.73 Å². The van der Waals surface area contributed by atoms with Gasteiger partial charge in [0.2, 0.25) is 0 Å². The Kier molecular flexibility index (Phi) is 4.05. The smallest absolute Gasteiger partial charge is 0.0522 e. The summed E-state index contributed by atoms with van der Waals surface area (Å²) in [7, 11) is 0. The van der Waals surface area contributed by atoms with Crippen molar-refractivity contribution in [3.05, 3.63) is 18.0 Å². The first kappa shape index (κ1) is 14.6. The highest BCUT2D eigenvalue weighted by atomic mass is 15.3. The van der Waals surface area contributed by atoms with Crippen LogP contribution in [0.4, 0.5) is 0 Å². The molecule has 3 heteroatoms. The third-order valence-electron chi connectivity index (χ3n) is 4.67. The molecule has 1 heterocycles. The second-order valence-corrected chi connectivity index (χ2v) is 7.28. The highest BCUT2D eigenvalue weighted by Crippen LogP contribution is 2.44. The van der Waals surface area contributed by atoms with Crippen molar-refractivity contribution in [3.63, 3.8) is 0 Å². The van der Waals surface area contributed by atoms with Gasteiger partial charge in [-0.25, -0.2) is 0 Å². The van der Waals surface area contributed by atoms with Gasteiger partial charge in [-0.2, -0.15) is 5.10 Å². The Morgan fingerprint density at radius 3 is 2.74 bits per heavy atom. The van der Waals surface area contributed by atoms with Crippen LogP contribution in [0.2, 0.25) is 0 Å². The van der Waals surface area contributed by atoms with Crippen LogP contribution in [0.25, 0.3) is 0 Å². The molecule has 2 atom stereocenters. The SMILES string of the molecule is CCn1cc(CC2(N)CCCCC2C(C)(C)C)cn1. The third-order valence-corrected chi connectivity index (χ3v) is 4.67. The topological polar surface area (TPSA) is 43.8 Å². The zero-order valence-electron chi connectivity index (χ0n) is 12.9. The lowest BCUT2D eigenvalue weighted by Gasteiger charge is -2.48. The average Bonchev–Trinajstić information content (AvgIpc) is 2.75. The van der Waals surface area contributed by atoms with Crippen molar-refractivity contribution in [2.45, 2.75) is 71.9 Å². The summed E-state index contributed by atoms with van der Waals surface area (Å²) >= 11 is 0. The fourth-order valence-electron chi connectivity index (χ4n) is 3.82. The number of hydrogen-bond acceptors (Lipinski definition) is 2. The molecular formula is C16H29N3. The summed E-state index contributed by atoms with van der Waals surface area (Å²) in [6.45, 7) is 10.0. The molecule has 3 nitrogen and oxygen atoms in total. The summed E-state index contributed by atoms with van der Waals surface area (Å²) in [4.78, 5) is 0. The highest BCUT2D eigenvalue weighted by Gasteiger charge is 2.43. The molecule has 0 saturated heterocycles. The van der Waals surface area contributed by atoms with E-state index in [1.54, 1.807) is 0 Å². The van der Waals surface area contributed by atoms with Gasteiger partial charge in [0.05, 0.1) is 6.20 Å². The monoisotopic (exact) mass is 263 g/mol. The summed E-state index contributed by atoms with van der Waals surface area (Å²) in [5, 5.41) is 4.38.